The highest BCUT2D eigenvalue weighted by Crippen LogP contribution is 2.32. The predicted octanol–water partition coefficient (Wildman–Crippen LogP) is 4.29. The first kappa shape index (κ1) is 14.4. The van der Waals surface area contributed by atoms with Crippen LogP contribution >= 0.6 is 0 Å². The minimum absolute atomic E-state index is 0.0268. The van der Waals surface area contributed by atoms with Gasteiger partial charge in [0.05, 0.1) is 10.6 Å². The van der Waals surface area contributed by atoms with E-state index in [2.05, 4.69) is 4.98 Å². The highest BCUT2D eigenvalue weighted by atomic mass is 16.6. The number of fused-ring (bicyclic) bond motifs is 3. The first-order chi connectivity index (χ1) is 11.6. The van der Waals surface area contributed by atoms with E-state index in [0.717, 1.165) is 22.9 Å². The van der Waals surface area contributed by atoms with Crippen molar-refractivity contribution in [2.45, 2.75) is 12.8 Å². The van der Waals surface area contributed by atoms with Gasteiger partial charge in [-0.05, 0) is 36.1 Å². The van der Waals surface area contributed by atoms with Crippen molar-refractivity contribution in [2.24, 2.45) is 0 Å². The number of Topliss-reactive ketones (excluding diaryl/α,β-unsaturated/α-hetero) is 1. The Morgan fingerprint density at radius 1 is 1.08 bits per heavy atom. The van der Waals surface area contributed by atoms with Crippen molar-refractivity contribution in [3.63, 3.8) is 0 Å². The fraction of sp³-hybridized carbons (Fsp3) is 0.105. The zero-order valence-corrected chi connectivity index (χ0v) is 12.8. The summed E-state index contributed by atoms with van der Waals surface area (Å²) >= 11 is 0. The van der Waals surface area contributed by atoms with Crippen molar-refractivity contribution < 1.29 is 9.72 Å². The number of aryl methyl sites for hydroxylation is 1. The molecule has 0 atom stereocenters. The Morgan fingerprint density at radius 2 is 1.92 bits per heavy atom. The van der Waals surface area contributed by atoms with Gasteiger partial charge >= 0.3 is 0 Å². The molecule has 0 amide bonds. The van der Waals surface area contributed by atoms with Crippen molar-refractivity contribution in [3.8, 4) is 0 Å². The molecule has 0 spiro atoms. The van der Waals surface area contributed by atoms with E-state index in [-0.39, 0.29) is 11.5 Å². The number of nitro groups is 1. The number of benzene rings is 2. The third-order valence-electron chi connectivity index (χ3n) is 4.40. The summed E-state index contributed by atoms with van der Waals surface area (Å²) in [7, 11) is 0. The van der Waals surface area contributed by atoms with Crippen LogP contribution in [0.5, 0.6) is 0 Å². The summed E-state index contributed by atoms with van der Waals surface area (Å²) in [5.74, 6) is -0.0287. The van der Waals surface area contributed by atoms with Crippen molar-refractivity contribution in [1.29, 1.82) is 0 Å². The highest BCUT2D eigenvalue weighted by molar-refractivity contribution is 6.15. The number of carbonyl (C=O) groups excluding carboxylic acids is 1. The molecule has 0 fully saturated rings. The second-order valence-electron chi connectivity index (χ2n) is 5.87. The standard InChI is InChI=1S/C19H14N2O3/c22-19-13(10-12-4-3-5-14(11-12)21(23)24)8-9-16-15-6-1-2-7-17(15)20-18(16)19/h1-7,10-11,20H,8-9H2. The van der Waals surface area contributed by atoms with E-state index >= 15 is 0 Å². The molecule has 5 heteroatoms. The van der Waals surface area contributed by atoms with Crippen LogP contribution in [-0.2, 0) is 6.42 Å². The van der Waals surface area contributed by atoms with E-state index < -0.39 is 4.92 Å². The molecule has 4 rings (SSSR count). The van der Waals surface area contributed by atoms with Crippen molar-refractivity contribution in [1.82, 2.24) is 4.98 Å². The van der Waals surface area contributed by atoms with Crippen LogP contribution < -0.4 is 0 Å². The number of rotatable bonds is 2. The maximum atomic E-state index is 12.8. The SMILES string of the molecule is O=C1C(=Cc2cccc([N+](=O)[O-])c2)CCc2c1[nH]c1ccccc21. The largest absolute Gasteiger partial charge is 0.352 e. The third-order valence-corrected chi connectivity index (χ3v) is 4.40. The van der Waals surface area contributed by atoms with Crippen molar-refractivity contribution in [2.75, 3.05) is 0 Å². The minimum Gasteiger partial charge on any atom is -0.352 e. The number of hydrogen-bond acceptors (Lipinski definition) is 3. The normalized spacial score (nSPS) is 15.7. The van der Waals surface area contributed by atoms with Gasteiger partial charge in [-0.15, -0.1) is 0 Å². The Bertz CT molecular complexity index is 1010. The molecule has 0 saturated heterocycles. The first-order valence-electron chi connectivity index (χ1n) is 7.73. The molecule has 0 radical (unpaired) electrons. The zero-order valence-electron chi connectivity index (χ0n) is 12.8. The molecule has 24 heavy (non-hydrogen) atoms. The number of aromatic nitrogens is 1. The first-order valence-corrected chi connectivity index (χ1v) is 7.73. The van der Waals surface area contributed by atoms with Crippen molar-refractivity contribution in [3.05, 3.63) is 81.0 Å². The van der Waals surface area contributed by atoms with E-state index in [1.165, 1.54) is 12.1 Å². The van der Waals surface area contributed by atoms with Crippen LogP contribution in [0.1, 0.15) is 28.0 Å². The molecule has 1 aliphatic carbocycles. The van der Waals surface area contributed by atoms with E-state index in [4.69, 9.17) is 0 Å². The fourth-order valence-corrected chi connectivity index (χ4v) is 3.25. The van der Waals surface area contributed by atoms with Gasteiger partial charge in [0.25, 0.3) is 5.69 Å². The van der Waals surface area contributed by atoms with E-state index in [1.54, 1.807) is 18.2 Å². The summed E-state index contributed by atoms with van der Waals surface area (Å²) in [6.07, 6.45) is 3.17. The lowest BCUT2D eigenvalue weighted by Crippen LogP contribution is -2.13. The second-order valence-corrected chi connectivity index (χ2v) is 5.87. The number of non-ortho nitro benzene ring substituents is 1. The molecule has 1 aliphatic rings. The van der Waals surface area contributed by atoms with Crippen LogP contribution in [0.2, 0.25) is 0 Å². The zero-order chi connectivity index (χ0) is 16.7. The maximum Gasteiger partial charge on any atom is 0.270 e. The summed E-state index contributed by atoms with van der Waals surface area (Å²) in [6, 6.07) is 14.2. The molecular formula is C19H14N2O3. The number of allylic oxidation sites excluding steroid dienone is 1. The fourth-order valence-electron chi connectivity index (χ4n) is 3.25. The number of nitrogens with one attached hydrogen (secondary N) is 1. The molecule has 0 aliphatic heterocycles. The maximum absolute atomic E-state index is 12.8. The lowest BCUT2D eigenvalue weighted by Gasteiger charge is -2.14. The van der Waals surface area contributed by atoms with Crippen LogP contribution in [-0.4, -0.2) is 15.7 Å². The molecule has 118 valence electrons. The Morgan fingerprint density at radius 3 is 2.75 bits per heavy atom. The van der Waals surface area contributed by atoms with E-state index in [0.29, 0.717) is 23.3 Å². The van der Waals surface area contributed by atoms with E-state index in [1.807, 2.05) is 24.3 Å². The number of nitrogens with zero attached hydrogens (tertiary/aromatic N) is 1. The average Bonchev–Trinajstić information content (AvgIpc) is 2.97. The summed E-state index contributed by atoms with van der Waals surface area (Å²) < 4.78 is 0. The Kier molecular flexibility index (Phi) is 3.27. The monoisotopic (exact) mass is 318 g/mol. The Hall–Kier alpha value is -3.21. The molecule has 2 aromatic carbocycles. The Labute approximate surface area is 137 Å². The molecular weight excluding hydrogens is 304 g/mol. The molecule has 1 aromatic heterocycles. The van der Waals surface area contributed by atoms with Gasteiger partial charge in [0.2, 0.25) is 5.78 Å². The number of nitro benzene ring substituents is 1. The van der Waals surface area contributed by atoms with Gasteiger partial charge in [-0.25, -0.2) is 0 Å². The highest BCUT2D eigenvalue weighted by Gasteiger charge is 2.25. The van der Waals surface area contributed by atoms with Crippen LogP contribution in [0.3, 0.4) is 0 Å². The van der Waals surface area contributed by atoms with Crippen LogP contribution in [0, 0.1) is 10.1 Å². The number of carbonyl (C=O) groups is 1. The van der Waals surface area contributed by atoms with Gasteiger partial charge in [-0.2, -0.15) is 0 Å². The number of H-pyrrole nitrogens is 1. The topological polar surface area (TPSA) is 76.0 Å². The number of aromatic amines is 1. The molecule has 0 saturated carbocycles. The average molecular weight is 318 g/mol. The summed E-state index contributed by atoms with van der Waals surface area (Å²) in [6.45, 7) is 0. The van der Waals surface area contributed by atoms with Crippen LogP contribution in [0.15, 0.2) is 54.1 Å². The van der Waals surface area contributed by atoms with E-state index in [9.17, 15) is 14.9 Å². The smallest absolute Gasteiger partial charge is 0.270 e. The summed E-state index contributed by atoms with van der Waals surface area (Å²) in [5.41, 5.74) is 4.04. The van der Waals surface area contributed by atoms with Gasteiger partial charge in [0, 0.05) is 28.6 Å². The number of hydrogen-bond donors (Lipinski definition) is 1. The molecule has 1 N–H and O–H groups in total. The minimum atomic E-state index is -0.430. The summed E-state index contributed by atoms with van der Waals surface area (Å²) in [4.78, 5) is 26.4. The molecule has 1 heterocycles. The van der Waals surface area contributed by atoms with Crippen LogP contribution in [0.4, 0.5) is 5.69 Å². The second kappa shape index (κ2) is 5.45. The van der Waals surface area contributed by atoms with Gasteiger partial charge in [0.1, 0.15) is 0 Å². The number of ketones is 1. The molecule has 0 bridgehead atoms. The quantitative estimate of drug-likeness (QED) is 0.435. The van der Waals surface area contributed by atoms with Gasteiger partial charge in [-0.3, -0.25) is 14.9 Å². The predicted molar refractivity (Wildman–Crippen MR) is 92.0 cm³/mol. The van der Waals surface area contributed by atoms with Crippen molar-refractivity contribution >= 4 is 28.4 Å². The molecule has 0 unspecified atom stereocenters. The van der Waals surface area contributed by atoms with Crippen LogP contribution in [0.25, 0.3) is 17.0 Å². The number of para-hydroxylation sites is 1. The lowest BCUT2D eigenvalue weighted by molar-refractivity contribution is -0.384. The lowest BCUT2D eigenvalue weighted by atomic mass is 9.89. The third kappa shape index (κ3) is 2.31. The Balaban J connectivity index is 1.75. The van der Waals surface area contributed by atoms with Gasteiger partial charge < -0.3 is 4.98 Å². The summed E-state index contributed by atoms with van der Waals surface area (Å²) in [5, 5.41) is 12.0. The molecule has 5 nitrogen and oxygen atoms in total. The van der Waals surface area contributed by atoms with Gasteiger partial charge in [0.15, 0.2) is 0 Å². The van der Waals surface area contributed by atoms with Gasteiger partial charge in [-0.1, -0.05) is 30.3 Å². The molecule has 3 aromatic rings.